The zero-order valence-corrected chi connectivity index (χ0v) is 17.9. The van der Waals surface area contributed by atoms with Gasteiger partial charge in [0.1, 0.15) is 27.9 Å². The van der Waals surface area contributed by atoms with E-state index in [0.29, 0.717) is 4.31 Å². The van der Waals surface area contributed by atoms with Crippen LogP contribution in [0.15, 0.2) is 78.1 Å². The lowest BCUT2D eigenvalue weighted by Gasteiger charge is -2.19. The molecular weight excluding hydrogens is 451 g/mol. The number of amides is 1. The number of nitrogens with zero attached hydrogens (tertiary/aromatic N) is 4. The third-order valence-corrected chi connectivity index (χ3v) is 6.70. The molecule has 0 unspecified atom stereocenters. The van der Waals surface area contributed by atoms with E-state index in [4.69, 9.17) is 0 Å². The maximum Gasteiger partial charge on any atom is 0.270 e. The van der Waals surface area contributed by atoms with Crippen LogP contribution in [-0.4, -0.2) is 50.7 Å². The van der Waals surface area contributed by atoms with Crippen LogP contribution in [0.2, 0.25) is 0 Å². The Morgan fingerprint density at radius 3 is 2.39 bits per heavy atom. The molecule has 0 aliphatic rings. The summed E-state index contributed by atoms with van der Waals surface area (Å²) in [6.07, 6.45) is 4.03. The summed E-state index contributed by atoms with van der Waals surface area (Å²) in [4.78, 5) is 15.8. The normalized spacial score (nSPS) is 11.3. The number of hydrogen-bond donors (Lipinski definition) is 2. The zero-order valence-electron chi connectivity index (χ0n) is 17.1. The fourth-order valence-corrected chi connectivity index (χ4v) is 4.43. The van der Waals surface area contributed by atoms with Gasteiger partial charge in [-0.25, -0.2) is 21.8 Å². The molecular formula is C22H17FN4O5S. The molecule has 0 bridgehead atoms. The largest absolute Gasteiger partial charge is 0.507 e. The van der Waals surface area contributed by atoms with Crippen LogP contribution in [0.5, 0.6) is 11.5 Å². The summed E-state index contributed by atoms with van der Waals surface area (Å²) in [6.45, 7) is 0. The van der Waals surface area contributed by atoms with E-state index in [1.165, 1.54) is 59.7 Å². The van der Waals surface area contributed by atoms with Gasteiger partial charge in [0, 0.05) is 36.6 Å². The number of carbonyl (C=O) groups excluding carboxylic acids is 1. The predicted molar refractivity (Wildman–Crippen MR) is 116 cm³/mol. The van der Waals surface area contributed by atoms with Crippen LogP contribution < -0.4 is 0 Å². The van der Waals surface area contributed by atoms with Crippen LogP contribution in [0.4, 0.5) is 4.39 Å². The molecule has 11 heteroatoms. The minimum absolute atomic E-state index is 0.0445. The Hall–Kier alpha value is -4.25. The molecule has 2 heterocycles. The van der Waals surface area contributed by atoms with Crippen molar-refractivity contribution in [2.75, 3.05) is 7.05 Å². The molecule has 0 atom stereocenters. The lowest BCUT2D eigenvalue weighted by atomic mass is 10.1. The summed E-state index contributed by atoms with van der Waals surface area (Å²) in [5.74, 6) is -2.66. The topological polar surface area (TPSA) is 126 Å². The number of phenolic OH excluding ortho intramolecular Hbond substituents is 2. The second-order valence-corrected chi connectivity index (χ2v) is 8.87. The number of pyridine rings is 1. The van der Waals surface area contributed by atoms with Crippen LogP contribution in [0, 0.1) is 5.82 Å². The van der Waals surface area contributed by atoms with Gasteiger partial charge < -0.3 is 10.2 Å². The van der Waals surface area contributed by atoms with Crippen molar-refractivity contribution in [2.45, 2.75) is 4.90 Å². The van der Waals surface area contributed by atoms with Crippen molar-refractivity contribution in [1.29, 1.82) is 0 Å². The molecule has 0 aliphatic carbocycles. The number of rotatable bonds is 5. The smallest absolute Gasteiger partial charge is 0.270 e. The number of benzene rings is 2. The summed E-state index contributed by atoms with van der Waals surface area (Å²) in [7, 11) is -3.49. The molecule has 0 spiro atoms. The molecule has 0 radical (unpaired) electrons. The number of halogens is 1. The number of hydrogen-bond acceptors (Lipinski definition) is 7. The summed E-state index contributed by atoms with van der Waals surface area (Å²) >= 11 is 0. The Labute approximate surface area is 188 Å². The first kappa shape index (κ1) is 22.0. The molecule has 0 saturated carbocycles. The number of aromatic hydroxyl groups is 2. The van der Waals surface area contributed by atoms with Gasteiger partial charge in [-0.3, -0.25) is 9.78 Å². The van der Waals surface area contributed by atoms with Crippen LogP contribution >= 0.6 is 0 Å². The van der Waals surface area contributed by atoms with E-state index in [9.17, 15) is 27.8 Å². The molecule has 9 nitrogen and oxygen atoms in total. The third-order valence-electron chi connectivity index (χ3n) is 4.93. The minimum atomic E-state index is -4.53. The number of carbonyl (C=O) groups is 1. The SMILES string of the molecule is CN(C(=O)c1ccncc1)S(=O)(=O)c1cc(-c2ccnn2-c2ccccc2F)c(O)cc1O. The molecule has 0 aliphatic heterocycles. The van der Waals surface area contributed by atoms with Crippen molar-refractivity contribution in [3.05, 3.63) is 84.6 Å². The Morgan fingerprint density at radius 2 is 1.70 bits per heavy atom. The first-order valence-corrected chi connectivity index (χ1v) is 10.9. The van der Waals surface area contributed by atoms with Crippen molar-refractivity contribution in [2.24, 2.45) is 0 Å². The van der Waals surface area contributed by atoms with E-state index in [1.54, 1.807) is 6.07 Å². The van der Waals surface area contributed by atoms with E-state index in [-0.39, 0.29) is 22.5 Å². The van der Waals surface area contributed by atoms with E-state index in [1.807, 2.05) is 0 Å². The van der Waals surface area contributed by atoms with Crippen molar-refractivity contribution in [1.82, 2.24) is 19.1 Å². The van der Waals surface area contributed by atoms with Gasteiger partial charge in [-0.1, -0.05) is 12.1 Å². The highest BCUT2D eigenvalue weighted by Gasteiger charge is 2.31. The average Bonchev–Trinajstić information content (AvgIpc) is 3.28. The molecule has 2 aromatic carbocycles. The third kappa shape index (κ3) is 3.89. The number of phenols is 2. The summed E-state index contributed by atoms with van der Waals surface area (Å²) in [5, 5.41) is 24.8. The Kier molecular flexibility index (Phi) is 5.56. The van der Waals surface area contributed by atoms with E-state index >= 15 is 0 Å². The molecule has 2 aromatic heterocycles. The van der Waals surface area contributed by atoms with E-state index < -0.39 is 38.1 Å². The van der Waals surface area contributed by atoms with Gasteiger partial charge in [0.2, 0.25) is 0 Å². The van der Waals surface area contributed by atoms with Crippen molar-refractivity contribution >= 4 is 15.9 Å². The van der Waals surface area contributed by atoms with Crippen molar-refractivity contribution in [3.8, 4) is 28.4 Å². The van der Waals surface area contributed by atoms with Crippen LogP contribution in [0.25, 0.3) is 16.9 Å². The van der Waals surface area contributed by atoms with E-state index in [2.05, 4.69) is 10.1 Å². The molecule has 33 heavy (non-hydrogen) atoms. The highest BCUT2D eigenvalue weighted by Crippen LogP contribution is 2.38. The quantitative estimate of drug-likeness (QED) is 0.461. The van der Waals surface area contributed by atoms with Gasteiger partial charge in [0.15, 0.2) is 0 Å². The van der Waals surface area contributed by atoms with Gasteiger partial charge in [-0.05, 0) is 36.4 Å². The monoisotopic (exact) mass is 468 g/mol. The number of aromatic nitrogens is 3. The zero-order chi connectivity index (χ0) is 23.8. The molecule has 1 amide bonds. The Bertz CT molecular complexity index is 1450. The van der Waals surface area contributed by atoms with Gasteiger partial charge >= 0.3 is 0 Å². The second-order valence-electron chi connectivity index (χ2n) is 6.93. The van der Waals surface area contributed by atoms with Crippen molar-refractivity contribution < 1.29 is 27.8 Å². The molecule has 0 saturated heterocycles. The fraction of sp³-hybridized carbons (Fsp3) is 0.0455. The van der Waals surface area contributed by atoms with Crippen LogP contribution in [0.1, 0.15) is 10.4 Å². The Morgan fingerprint density at radius 1 is 1.00 bits per heavy atom. The summed E-state index contributed by atoms with van der Waals surface area (Å²) in [6, 6.07) is 11.8. The standard InChI is InChI=1S/C22H17FN4O5S/c1-26(22(30)14-6-9-24-10-7-14)33(31,32)21-12-15(19(28)13-20(21)29)17-8-11-25-27(17)18-5-3-2-4-16(18)23/h2-13,28-29H,1H3. The lowest BCUT2D eigenvalue weighted by Crippen LogP contribution is -2.33. The molecule has 4 aromatic rings. The molecule has 2 N–H and O–H groups in total. The summed E-state index contributed by atoms with van der Waals surface area (Å²) < 4.78 is 42.3. The molecule has 168 valence electrons. The van der Waals surface area contributed by atoms with Gasteiger partial charge in [-0.15, -0.1) is 0 Å². The minimum Gasteiger partial charge on any atom is -0.507 e. The first-order valence-electron chi connectivity index (χ1n) is 9.50. The highest BCUT2D eigenvalue weighted by atomic mass is 32.2. The van der Waals surface area contributed by atoms with Gasteiger partial charge in [0.25, 0.3) is 15.9 Å². The first-order chi connectivity index (χ1) is 15.7. The van der Waals surface area contributed by atoms with Gasteiger partial charge in [0.05, 0.1) is 11.9 Å². The lowest BCUT2D eigenvalue weighted by molar-refractivity contribution is 0.0883. The van der Waals surface area contributed by atoms with Crippen molar-refractivity contribution in [3.63, 3.8) is 0 Å². The number of para-hydroxylation sites is 1. The molecule has 4 rings (SSSR count). The van der Waals surface area contributed by atoms with Crippen LogP contribution in [-0.2, 0) is 10.0 Å². The predicted octanol–water partition coefficient (Wildman–Crippen LogP) is 2.95. The fourth-order valence-electron chi connectivity index (χ4n) is 3.22. The van der Waals surface area contributed by atoms with E-state index in [0.717, 1.165) is 19.2 Å². The molecule has 0 fully saturated rings. The maximum atomic E-state index is 14.3. The van der Waals surface area contributed by atoms with Crippen LogP contribution in [0.3, 0.4) is 0 Å². The highest BCUT2D eigenvalue weighted by molar-refractivity contribution is 7.89. The Balaban J connectivity index is 1.82. The number of sulfonamides is 1. The summed E-state index contributed by atoms with van der Waals surface area (Å²) in [5.41, 5.74) is 0.264. The average molecular weight is 468 g/mol. The van der Waals surface area contributed by atoms with Gasteiger partial charge in [-0.2, -0.15) is 5.10 Å². The maximum absolute atomic E-state index is 14.3. The second kappa shape index (κ2) is 8.36.